The first-order valence-corrected chi connectivity index (χ1v) is 5.34. The van der Waals surface area contributed by atoms with Crippen LogP contribution in [-0.2, 0) is 0 Å². The summed E-state index contributed by atoms with van der Waals surface area (Å²) in [6.07, 6.45) is 1.79. The van der Waals surface area contributed by atoms with Gasteiger partial charge in [-0.1, -0.05) is 13.8 Å². The van der Waals surface area contributed by atoms with E-state index >= 15 is 0 Å². The van der Waals surface area contributed by atoms with Crippen LogP contribution < -0.4 is 5.32 Å². The number of nitrogens with one attached hydrogen (secondary N) is 1. The highest BCUT2D eigenvalue weighted by Gasteiger charge is 2.00. The fraction of sp³-hybridized carbons (Fsp3) is 0.556. The molecule has 13 heavy (non-hydrogen) atoms. The van der Waals surface area contributed by atoms with Gasteiger partial charge in [0.2, 0.25) is 5.95 Å². The minimum atomic E-state index is 0.560. The molecule has 0 aromatic carbocycles. The number of thioether (sulfide) groups is 1. The van der Waals surface area contributed by atoms with E-state index < -0.39 is 0 Å². The van der Waals surface area contributed by atoms with Gasteiger partial charge in [-0.15, -0.1) is 11.8 Å². The third-order valence-electron chi connectivity index (χ3n) is 1.32. The maximum Gasteiger partial charge on any atom is 0.223 e. The van der Waals surface area contributed by atoms with E-state index in [1.807, 2.05) is 13.0 Å². The monoisotopic (exact) mass is 197 g/mol. The van der Waals surface area contributed by atoms with Gasteiger partial charge in [0.1, 0.15) is 5.03 Å². The molecule has 0 saturated carbocycles. The van der Waals surface area contributed by atoms with Crippen LogP contribution in [0.5, 0.6) is 0 Å². The van der Waals surface area contributed by atoms with Crippen LogP contribution in [0.4, 0.5) is 5.95 Å². The van der Waals surface area contributed by atoms with Crippen LogP contribution in [0.2, 0.25) is 0 Å². The Balaban J connectivity index is 2.67. The van der Waals surface area contributed by atoms with Crippen molar-refractivity contribution in [2.75, 3.05) is 11.9 Å². The summed E-state index contributed by atoms with van der Waals surface area (Å²) in [5.41, 5.74) is 0. The summed E-state index contributed by atoms with van der Waals surface area (Å²) in [6, 6.07) is 1.94. The molecule has 0 radical (unpaired) electrons. The maximum absolute atomic E-state index is 4.34. The van der Waals surface area contributed by atoms with Crippen LogP contribution in [0.1, 0.15) is 20.8 Å². The lowest BCUT2D eigenvalue weighted by Crippen LogP contribution is -2.02. The molecule has 1 N–H and O–H groups in total. The van der Waals surface area contributed by atoms with Crippen molar-refractivity contribution < 1.29 is 0 Å². The summed E-state index contributed by atoms with van der Waals surface area (Å²) in [5.74, 6) is 0.716. The van der Waals surface area contributed by atoms with E-state index in [9.17, 15) is 0 Å². The topological polar surface area (TPSA) is 37.8 Å². The first kappa shape index (κ1) is 10.3. The molecule has 0 atom stereocenters. The second-order valence-corrected chi connectivity index (χ2v) is 4.51. The third kappa shape index (κ3) is 3.63. The molecule has 1 heterocycles. The zero-order valence-corrected chi connectivity index (χ0v) is 9.06. The number of nitrogens with zero attached hydrogens (tertiary/aromatic N) is 2. The van der Waals surface area contributed by atoms with Gasteiger partial charge in [-0.3, -0.25) is 0 Å². The van der Waals surface area contributed by atoms with Crippen molar-refractivity contribution in [2.24, 2.45) is 0 Å². The van der Waals surface area contributed by atoms with Crippen LogP contribution in [0.15, 0.2) is 17.3 Å². The quantitative estimate of drug-likeness (QED) is 0.594. The molecular weight excluding hydrogens is 182 g/mol. The second-order valence-electron chi connectivity index (χ2n) is 2.92. The van der Waals surface area contributed by atoms with Gasteiger partial charge >= 0.3 is 0 Å². The largest absolute Gasteiger partial charge is 0.354 e. The average Bonchev–Trinajstić information content (AvgIpc) is 2.04. The van der Waals surface area contributed by atoms with Crippen molar-refractivity contribution in [1.82, 2.24) is 9.97 Å². The first-order valence-electron chi connectivity index (χ1n) is 4.46. The van der Waals surface area contributed by atoms with Gasteiger partial charge in [0.15, 0.2) is 0 Å². The summed E-state index contributed by atoms with van der Waals surface area (Å²) >= 11 is 1.75. The Morgan fingerprint density at radius 1 is 1.54 bits per heavy atom. The Labute approximate surface area is 83.4 Å². The van der Waals surface area contributed by atoms with Crippen molar-refractivity contribution in [2.45, 2.75) is 31.0 Å². The molecule has 0 fully saturated rings. The molecule has 0 spiro atoms. The molecule has 0 aliphatic carbocycles. The number of aromatic nitrogens is 2. The number of rotatable bonds is 4. The molecule has 0 saturated heterocycles. The van der Waals surface area contributed by atoms with E-state index in [-0.39, 0.29) is 0 Å². The summed E-state index contributed by atoms with van der Waals surface area (Å²) in [4.78, 5) is 8.44. The van der Waals surface area contributed by atoms with Crippen molar-refractivity contribution in [3.05, 3.63) is 12.3 Å². The molecule has 0 aliphatic rings. The van der Waals surface area contributed by atoms with E-state index in [2.05, 4.69) is 29.1 Å². The molecule has 0 amide bonds. The Morgan fingerprint density at radius 2 is 2.31 bits per heavy atom. The Morgan fingerprint density at radius 3 is 2.92 bits per heavy atom. The molecule has 0 bridgehead atoms. The van der Waals surface area contributed by atoms with Crippen molar-refractivity contribution >= 4 is 17.7 Å². The molecule has 1 aromatic rings. The van der Waals surface area contributed by atoms with Gasteiger partial charge in [0.05, 0.1) is 0 Å². The molecule has 3 nitrogen and oxygen atoms in total. The highest BCUT2D eigenvalue weighted by Crippen LogP contribution is 2.20. The number of hydrogen-bond donors (Lipinski definition) is 1. The smallest absolute Gasteiger partial charge is 0.223 e. The lowest BCUT2D eigenvalue weighted by molar-refractivity contribution is 1.00. The Bertz CT molecular complexity index is 263. The van der Waals surface area contributed by atoms with Crippen molar-refractivity contribution in [3.8, 4) is 0 Å². The fourth-order valence-electron chi connectivity index (χ4n) is 0.893. The predicted molar refractivity (Wildman–Crippen MR) is 57.2 cm³/mol. The fourth-order valence-corrected chi connectivity index (χ4v) is 1.65. The van der Waals surface area contributed by atoms with Crippen LogP contribution in [0.25, 0.3) is 0 Å². The zero-order valence-electron chi connectivity index (χ0n) is 8.24. The van der Waals surface area contributed by atoms with Gasteiger partial charge in [-0.25, -0.2) is 9.97 Å². The summed E-state index contributed by atoms with van der Waals surface area (Å²) in [6.45, 7) is 7.20. The SMILES string of the molecule is CCNc1nccc(SC(C)C)n1. The van der Waals surface area contributed by atoms with E-state index in [0.29, 0.717) is 11.2 Å². The molecule has 0 aliphatic heterocycles. The van der Waals surface area contributed by atoms with Crippen molar-refractivity contribution in [1.29, 1.82) is 0 Å². The zero-order chi connectivity index (χ0) is 9.68. The Hall–Kier alpha value is -0.770. The lowest BCUT2D eigenvalue weighted by Gasteiger charge is -2.05. The minimum absolute atomic E-state index is 0.560. The molecule has 1 rings (SSSR count). The van der Waals surface area contributed by atoms with Gasteiger partial charge in [-0.2, -0.15) is 0 Å². The average molecular weight is 197 g/mol. The minimum Gasteiger partial charge on any atom is -0.354 e. The molecule has 4 heteroatoms. The van der Waals surface area contributed by atoms with Crippen LogP contribution >= 0.6 is 11.8 Å². The van der Waals surface area contributed by atoms with E-state index in [1.165, 1.54) is 0 Å². The van der Waals surface area contributed by atoms with Gasteiger partial charge in [0.25, 0.3) is 0 Å². The Kier molecular flexibility index (Phi) is 4.02. The van der Waals surface area contributed by atoms with Crippen LogP contribution in [0, 0.1) is 0 Å². The highest BCUT2D eigenvalue weighted by atomic mass is 32.2. The van der Waals surface area contributed by atoms with Crippen LogP contribution in [0.3, 0.4) is 0 Å². The van der Waals surface area contributed by atoms with Gasteiger partial charge in [-0.05, 0) is 13.0 Å². The van der Waals surface area contributed by atoms with E-state index in [0.717, 1.165) is 11.6 Å². The molecule has 1 aromatic heterocycles. The summed E-state index contributed by atoms with van der Waals surface area (Å²) < 4.78 is 0. The molecule has 0 unspecified atom stereocenters. The second kappa shape index (κ2) is 5.07. The molecular formula is C9H15N3S. The van der Waals surface area contributed by atoms with Crippen LogP contribution in [-0.4, -0.2) is 21.8 Å². The first-order chi connectivity index (χ1) is 6.22. The number of anilines is 1. The van der Waals surface area contributed by atoms with Gasteiger partial charge < -0.3 is 5.32 Å². The van der Waals surface area contributed by atoms with E-state index in [1.54, 1.807) is 18.0 Å². The highest BCUT2D eigenvalue weighted by molar-refractivity contribution is 7.99. The molecule has 72 valence electrons. The lowest BCUT2D eigenvalue weighted by atomic mass is 10.6. The standard InChI is InChI=1S/C9H15N3S/c1-4-10-9-11-6-5-8(12-9)13-7(2)3/h5-7H,4H2,1-3H3,(H,10,11,12). The summed E-state index contributed by atoms with van der Waals surface area (Å²) in [5, 5.41) is 4.67. The maximum atomic E-state index is 4.34. The third-order valence-corrected chi connectivity index (χ3v) is 2.26. The summed E-state index contributed by atoms with van der Waals surface area (Å²) in [7, 11) is 0. The van der Waals surface area contributed by atoms with E-state index in [4.69, 9.17) is 0 Å². The number of hydrogen-bond acceptors (Lipinski definition) is 4. The normalized spacial score (nSPS) is 10.5. The van der Waals surface area contributed by atoms with Gasteiger partial charge in [0, 0.05) is 18.0 Å². The van der Waals surface area contributed by atoms with Crippen molar-refractivity contribution in [3.63, 3.8) is 0 Å². The predicted octanol–water partition coefficient (Wildman–Crippen LogP) is 2.41.